The van der Waals surface area contributed by atoms with Gasteiger partial charge in [0.25, 0.3) is 0 Å². The van der Waals surface area contributed by atoms with Crippen LogP contribution >= 0.6 is 11.6 Å². The highest BCUT2D eigenvalue weighted by Crippen LogP contribution is 2.62. The molecular weight excluding hydrogens is 510 g/mol. The van der Waals surface area contributed by atoms with E-state index in [9.17, 15) is 14.4 Å². The Kier molecular flexibility index (Phi) is 5.85. The van der Waals surface area contributed by atoms with Crippen molar-refractivity contribution in [2.24, 2.45) is 10.8 Å². The fourth-order valence-electron chi connectivity index (χ4n) is 6.76. The van der Waals surface area contributed by atoms with Crippen LogP contribution in [0.1, 0.15) is 65.5 Å². The van der Waals surface area contributed by atoms with Crippen LogP contribution in [0.15, 0.2) is 72.8 Å². The summed E-state index contributed by atoms with van der Waals surface area (Å²) in [7, 11) is 0. The lowest BCUT2D eigenvalue weighted by Crippen LogP contribution is -2.49. The van der Waals surface area contributed by atoms with Gasteiger partial charge in [-0.15, -0.1) is 0 Å². The minimum atomic E-state index is -1.55. The molecule has 0 aromatic heterocycles. The zero-order valence-corrected chi connectivity index (χ0v) is 23.2. The molecule has 2 heterocycles. The van der Waals surface area contributed by atoms with E-state index in [1.54, 1.807) is 30.3 Å². The van der Waals surface area contributed by atoms with Gasteiger partial charge in [0.1, 0.15) is 11.2 Å². The smallest absolute Gasteiger partial charge is 0.180 e. The predicted octanol–water partition coefficient (Wildman–Crippen LogP) is 6.79. The molecule has 0 saturated carbocycles. The van der Waals surface area contributed by atoms with Crippen LogP contribution in [0.4, 0.5) is 5.69 Å². The highest BCUT2D eigenvalue weighted by molar-refractivity contribution is 6.32. The molecular formula is C33H30ClNO4. The quantitative estimate of drug-likeness (QED) is 0.342. The summed E-state index contributed by atoms with van der Waals surface area (Å²) in [6, 6.07) is 18.6. The van der Waals surface area contributed by atoms with Gasteiger partial charge in [-0.3, -0.25) is 14.4 Å². The molecule has 0 radical (unpaired) electrons. The molecule has 3 aromatic rings. The molecule has 0 unspecified atom stereocenters. The zero-order valence-electron chi connectivity index (χ0n) is 22.4. The number of hydrogen-bond acceptors (Lipinski definition) is 5. The number of benzene rings is 3. The van der Waals surface area contributed by atoms with Crippen molar-refractivity contribution < 1.29 is 19.1 Å². The second-order valence-electron chi connectivity index (χ2n) is 11.5. The maximum absolute atomic E-state index is 14.7. The van der Waals surface area contributed by atoms with Gasteiger partial charge in [-0.2, -0.15) is 0 Å². The molecule has 3 atom stereocenters. The Balaban J connectivity index is 1.72. The lowest BCUT2D eigenvalue weighted by molar-refractivity contribution is -0.127. The normalized spacial score (nSPS) is 22.6. The van der Waals surface area contributed by atoms with Gasteiger partial charge in [0.05, 0.1) is 18.7 Å². The van der Waals surface area contributed by atoms with E-state index in [4.69, 9.17) is 16.3 Å². The first-order valence-corrected chi connectivity index (χ1v) is 13.7. The number of nitrogens with zero attached hydrogens (tertiary/aromatic N) is 1. The van der Waals surface area contributed by atoms with Gasteiger partial charge in [-0.25, -0.2) is 0 Å². The molecule has 3 aliphatic rings. The first-order chi connectivity index (χ1) is 18.6. The number of Topliss-reactive ketones (excluding diaryl/α,β-unsaturated/α-hetero) is 3. The Labute approximate surface area is 233 Å². The van der Waals surface area contributed by atoms with Crippen LogP contribution in [0.2, 0.25) is 5.02 Å². The van der Waals surface area contributed by atoms with Crippen LogP contribution in [0, 0.1) is 10.8 Å². The van der Waals surface area contributed by atoms with Gasteiger partial charge in [-0.1, -0.05) is 87.0 Å². The third-order valence-electron chi connectivity index (χ3n) is 8.33. The zero-order chi connectivity index (χ0) is 27.7. The lowest BCUT2D eigenvalue weighted by atomic mass is 9.63. The van der Waals surface area contributed by atoms with Gasteiger partial charge in [0.2, 0.25) is 0 Å². The second kappa shape index (κ2) is 8.92. The van der Waals surface area contributed by atoms with Crippen molar-refractivity contribution in [3.05, 3.63) is 100 Å². The van der Waals surface area contributed by atoms with E-state index in [2.05, 4.69) is 0 Å². The van der Waals surface area contributed by atoms with Crippen molar-refractivity contribution in [2.75, 3.05) is 11.5 Å². The SMILES string of the molecule is CCOc1ccccc1[C@H]1[C@H](C(=O)C(C)(C)C)N2c3ccc(Cl)cc3C=C[C@H]2C12C(=O)c1ccccc1C2=O. The Morgan fingerprint density at radius 3 is 2.26 bits per heavy atom. The van der Waals surface area contributed by atoms with Crippen LogP contribution < -0.4 is 9.64 Å². The number of ketones is 3. The maximum atomic E-state index is 14.7. The third kappa shape index (κ3) is 3.49. The van der Waals surface area contributed by atoms with E-state index >= 15 is 0 Å². The summed E-state index contributed by atoms with van der Waals surface area (Å²) in [5, 5.41) is 0.572. The number of halogens is 1. The molecule has 0 bridgehead atoms. The molecule has 39 heavy (non-hydrogen) atoms. The van der Waals surface area contributed by atoms with E-state index in [0.717, 1.165) is 11.3 Å². The standard InChI is InChI=1S/C33H30ClNO4/c1-5-39-25-13-9-8-12-23(25)27-28(31(38)32(2,3)4)35-24-16-15-20(34)18-19(24)14-17-26(35)33(27)29(36)21-10-6-7-11-22(21)30(33)37/h6-18,26-28H,5H2,1-4H3/t26-,27-,28+/m0/s1. The number of carbonyl (C=O) groups is 3. The molecule has 2 aliphatic heterocycles. The molecule has 0 N–H and O–H groups in total. The Bertz CT molecular complexity index is 1530. The Hall–Kier alpha value is -3.70. The summed E-state index contributed by atoms with van der Waals surface area (Å²) in [5.74, 6) is -0.752. The summed E-state index contributed by atoms with van der Waals surface area (Å²) in [6.45, 7) is 7.96. The molecule has 1 aliphatic carbocycles. The summed E-state index contributed by atoms with van der Waals surface area (Å²) in [6.07, 6.45) is 3.83. The molecule has 1 saturated heterocycles. The minimum absolute atomic E-state index is 0.0477. The number of rotatable bonds is 4. The number of ether oxygens (including phenoxy) is 1. The fraction of sp³-hybridized carbons (Fsp3) is 0.303. The Morgan fingerprint density at radius 2 is 1.62 bits per heavy atom. The average Bonchev–Trinajstić information content (AvgIpc) is 3.34. The molecule has 5 nitrogen and oxygen atoms in total. The molecule has 1 fully saturated rings. The van der Waals surface area contributed by atoms with Gasteiger partial charge >= 0.3 is 0 Å². The van der Waals surface area contributed by atoms with Crippen LogP contribution in [0.5, 0.6) is 5.75 Å². The van der Waals surface area contributed by atoms with Crippen LogP contribution in [0.25, 0.3) is 6.08 Å². The largest absolute Gasteiger partial charge is 0.494 e. The van der Waals surface area contributed by atoms with E-state index in [1.807, 2.05) is 81.1 Å². The third-order valence-corrected chi connectivity index (χ3v) is 8.56. The van der Waals surface area contributed by atoms with Gasteiger partial charge in [0.15, 0.2) is 17.3 Å². The summed E-state index contributed by atoms with van der Waals surface area (Å²) < 4.78 is 6.06. The first kappa shape index (κ1) is 25.6. The van der Waals surface area contributed by atoms with E-state index in [0.29, 0.717) is 34.1 Å². The number of anilines is 1. The van der Waals surface area contributed by atoms with Crippen molar-refractivity contribution in [3.63, 3.8) is 0 Å². The minimum Gasteiger partial charge on any atom is -0.494 e. The summed E-state index contributed by atoms with van der Waals surface area (Å²) in [5.41, 5.74) is 0.827. The van der Waals surface area contributed by atoms with Crippen molar-refractivity contribution in [2.45, 2.75) is 45.7 Å². The molecule has 0 amide bonds. The lowest BCUT2D eigenvalue weighted by Gasteiger charge is -2.38. The van der Waals surface area contributed by atoms with Gasteiger partial charge in [0, 0.05) is 38.7 Å². The summed E-state index contributed by atoms with van der Waals surface area (Å²) >= 11 is 6.35. The molecule has 3 aromatic carbocycles. The average molecular weight is 540 g/mol. The van der Waals surface area contributed by atoms with Crippen LogP contribution in [-0.2, 0) is 4.79 Å². The van der Waals surface area contributed by atoms with Crippen LogP contribution in [0.3, 0.4) is 0 Å². The highest BCUT2D eigenvalue weighted by Gasteiger charge is 2.72. The van der Waals surface area contributed by atoms with E-state index < -0.39 is 28.8 Å². The number of carbonyl (C=O) groups excluding carboxylic acids is 3. The molecule has 6 heteroatoms. The van der Waals surface area contributed by atoms with Gasteiger partial charge < -0.3 is 9.64 Å². The molecule has 6 rings (SSSR count). The Morgan fingerprint density at radius 1 is 0.974 bits per heavy atom. The summed E-state index contributed by atoms with van der Waals surface area (Å²) in [4.78, 5) is 45.9. The monoisotopic (exact) mass is 539 g/mol. The van der Waals surface area contributed by atoms with Crippen molar-refractivity contribution in [1.29, 1.82) is 0 Å². The predicted molar refractivity (Wildman–Crippen MR) is 153 cm³/mol. The highest BCUT2D eigenvalue weighted by atomic mass is 35.5. The maximum Gasteiger partial charge on any atom is 0.180 e. The number of hydrogen-bond donors (Lipinski definition) is 0. The first-order valence-electron chi connectivity index (χ1n) is 13.3. The number of para-hydroxylation sites is 1. The van der Waals surface area contributed by atoms with E-state index in [-0.39, 0.29) is 17.3 Å². The topological polar surface area (TPSA) is 63.7 Å². The second-order valence-corrected chi connectivity index (χ2v) is 11.9. The van der Waals surface area contributed by atoms with Crippen molar-refractivity contribution >= 4 is 40.7 Å². The fourth-order valence-corrected chi connectivity index (χ4v) is 6.94. The molecule has 198 valence electrons. The van der Waals surface area contributed by atoms with Crippen molar-refractivity contribution in [3.8, 4) is 5.75 Å². The van der Waals surface area contributed by atoms with E-state index in [1.165, 1.54) is 0 Å². The molecule has 1 spiro atoms. The van der Waals surface area contributed by atoms with Crippen LogP contribution in [-0.4, -0.2) is 36.0 Å². The van der Waals surface area contributed by atoms with Crippen molar-refractivity contribution in [1.82, 2.24) is 0 Å². The number of fused-ring (bicyclic) bond motifs is 5. The van der Waals surface area contributed by atoms with Gasteiger partial charge in [-0.05, 0) is 36.8 Å².